The van der Waals surface area contributed by atoms with Gasteiger partial charge in [0.25, 0.3) is 5.91 Å². The Morgan fingerprint density at radius 1 is 1.61 bits per heavy atom. The number of nitrogens with zero attached hydrogens (tertiary/aromatic N) is 1. The molecule has 1 heterocycles. The number of amides is 1. The molecule has 1 aromatic carbocycles. The third-order valence-corrected chi connectivity index (χ3v) is 3.57. The van der Waals surface area contributed by atoms with Gasteiger partial charge in [-0.15, -0.1) is 11.6 Å². The normalized spacial score (nSPS) is 19.1. The molecule has 0 bridgehead atoms. The lowest BCUT2D eigenvalue weighted by Gasteiger charge is -2.23. The van der Waals surface area contributed by atoms with Gasteiger partial charge < -0.3 is 9.64 Å². The van der Waals surface area contributed by atoms with E-state index in [0.29, 0.717) is 18.0 Å². The Morgan fingerprint density at radius 3 is 3.06 bits per heavy atom. The molecular formula is C13H15ClFNO2. The van der Waals surface area contributed by atoms with Crippen molar-refractivity contribution in [1.82, 2.24) is 4.90 Å². The van der Waals surface area contributed by atoms with Gasteiger partial charge >= 0.3 is 0 Å². The molecule has 1 unspecified atom stereocenters. The number of carbonyl (C=O) groups excluding carboxylic acids is 1. The van der Waals surface area contributed by atoms with Crippen molar-refractivity contribution in [2.45, 2.75) is 18.9 Å². The minimum Gasteiger partial charge on any atom is -0.494 e. The van der Waals surface area contributed by atoms with Crippen LogP contribution in [0, 0.1) is 5.82 Å². The zero-order valence-electron chi connectivity index (χ0n) is 10.2. The molecule has 0 saturated carbocycles. The maximum atomic E-state index is 13.3. The van der Waals surface area contributed by atoms with Crippen LogP contribution >= 0.6 is 11.6 Å². The molecule has 0 aromatic heterocycles. The number of hydrogen-bond acceptors (Lipinski definition) is 2. The highest BCUT2D eigenvalue weighted by Crippen LogP contribution is 2.24. The van der Waals surface area contributed by atoms with Gasteiger partial charge in [-0.25, -0.2) is 4.39 Å². The predicted molar refractivity (Wildman–Crippen MR) is 67.7 cm³/mol. The predicted octanol–water partition coefficient (Wildman–Crippen LogP) is 2.68. The number of methoxy groups -OCH3 is 1. The van der Waals surface area contributed by atoms with Crippen LogP contribution in [0.15, 0.2) is 18.2 Å². The summed E-state index contributed by atoms with van der Waals surface area (Å²) in [7, 11) is 1.38. The fraction of sp³-hybridized carbons (Fsp3) is 0.462. The summed E-state index contributed by atoms with van der Waals surface area (Å²) in [6.07, 6.45) is 1.88. The van der Waals surface area contributed by atoms with E-state index in [-0.39, 0.29) is 17.7 Å². The number of halogens is 2. The van der Waals surface area contributed by atoms with Crippen molar-refractivity contribution >= 4 is 17.5 Å². The second-order valence-electron chi connectivity index (χ2n) is 4.30. The van der Waals surface area contributed by atoms with Crippen LogP contribution < -0.4 is 4.74 Å². The molecule has 0 aliphatic carbocycles. The Kier molecular flexibility index (Phi) is 4.07. The summed E-state index contributed by atoms with van der Waals surface area (Å²) < 4.78 is 18.2. The maximum Gasteiger partial charge on any atom is 0.254 e. The Hall–Kier alpha value is -1.29. The molecule has 0 N–H and O–H groups in total. The molecule has 3 nitrogen and oxygen atoms in total. The van der Waals surface area contributed by atoms with Crippen LogP contribution in [0.5, 0.6) is 5.75 Å². The van der Waals surface area contributed by atoms with E-state index in [2.05, 4.69) is 0 Å². The van der Waals surface area contributed by atoms with E-state index < -0.39 is 5.82 Å². The van der Waals surface area contributed by atoms with Crippen molar-refractivity contribution in [3.8, 4) is 5.75 Å². The number of benzene rings is 1. The number of ether oxygens (including phenoxy) is 1. The minimum absolute atomic E-state index is 0.0789. The number of alkyl halides is 1. The summed E-state index contributed by atoms with van der Waals surface area (Å²) in [5.74, 6) is -0.0624. The van der Waals surface area contributed by atoms with Crippen LogP contribution in [0.1, 0.15) is 23.2 Å². The zero-order valence-corrected chi connectivity index (χ0v) is 10.9. The van der Waals surface area contributed by atoms with Gasteiger partial charge in [0.05, 0.1) is 7.11 Å². The highest BCUT2D eigenvalue weighted by atomic mass is 35.5. The second kappa shape index (κ2) is 5.57. The summed E-state index contributed by atoms with van der Waals surface area (Å²) in [6.45, 7) is 0.704. The van der Waals surface area contributed by atoms with E-state index in [9.17, 15) is 9.18 Å². The van der Waals surface area contributed by atoms with Gasteiger partial charge in [-0.05, 0) is 31.0 Å². The topological polar surface area (TPSA) is 29.5 Å². The van der Waals surface area contributed by atoms with Gasteiger partial charge in [-0.2, -0.15) is 0 Å². The first-order valence-corrected chi connectivity index (χ1v) is 6.41. The van der Waals surface area contributed by atoms with Gasteiger partial charge in [0.15, 0.2) is 11.6 Å². The third-order valence-electron chi connectivity index (χ3n) is 3.21. The maximum absolute atomic E-state index is 13.3. The fourth-order valence-electron chi connectivity index (χ4n) is 2.22. The molecule has 0 radical (unpaired) electrons. The van der Waals surface area contributed by atoms with Gasteiger partial charge in [-0.1, -0.05) is 0 Å². The van der Waals surface area contributed by atoms with Crippen LogP contribution in [0.4, 0.5) is 4.39 Å². The Bertz CT molecular complexity index is 453. The zero-order chi connectivity index (χ0) is 13.1. The van der Waals surface area contributed by atoms with E-state index in [1.165, 1.54) is 25.3 Å². The van der Waals surface area contributed by atoms with E-state index in [0.717, 1.165) is 12.8 Å². The lowest BCUT2D eigenvalue weighted by Crippen LogP contribution is -2.36. The Morgan fingerprint density at radius 2 is 2.39 bits per heavy atom. The smallest absolute Gasteiger partial charge is 0.254 e. The number of hydrogen-bond donors (Lipinski definition) is 0. The first kappa shape index (κ1) is 13.1. The molecule has 5 heteroatoms. The summed E-state index contributed by atoms with van der Waals surface area (Å²) in [4.78, 5) is 14.0. The van der Waals surface area contributed by atoms with Crippen LogP contribution in [-0.4, -0.2) is 36.4 Å². The lowest BCUT2D eigenvalue weighted by molar-refractivity contribution is 0.0748. The van der Waals surface area contributed by atoms with Gasteiger partial charge in [-0.3, -0.25) is 4.79 Å². The molecule has 1 fully saturated rings. The second-order valence-corrected chi connectivity index (χ2v) is 4.61. The van der Waals surface area contributed by atoms with Crippen LogP contribution in [0.3, 0.4) is 0 Å². The molecular weight excluding hydrogens is 257 g/mol. The summed E-state index contributed by atoms with van der Waals surface area (Å²) in [6, 6.07) is 4.23. The first-order chi connectivity index (χ1) is 8.67. The van der Waals surface area contributed by atoms with Crippen LogP contribution in [0.25, 0.3) is 0 Å². The average molecular weight is 272 g/mol. The summed E-state index contributed by atoms with van der Waals surface area (Å²) in [5, 5.41) is 0. The number of rotatable bonds is 3. The molecule has 1 atom stereocenters. The van der Waals surface area contributed by atoms with E-state index in [4.69, 9.17) is 16.3 Å². The molecule has 0 spiro atoms. The minimum atomic E-state index is -0.468. The van der Waals surface area contributed by atoms with Crippen molar-refractivity contribution in [2.24, 2.45) is 0 Å². The van der Waals surface area contributed by atoms with Crippen molar-refractivity contribution in [2.75, 3.05) is 19.5 Å². The third kappa shape index (κ3) is 2.43. The molecule has 1 aliphatic heterocycles. The highest BCUT2D eigenvalue weighted by Gasteiger charge is 2.29. The SMILES string of the molecule is COc1cc(C(=O)N2CCCC2CCl)ccc1F. The molecule has 18 heavy (non-hydrogen) atoms. The van der Waals surface area contributed by atoms with Crippen molar-refractivity contribution < 1.29 is 13.9 Å². The summed E-state index contributed by atoms with van der Waals surface area (Å²) >= 11 is 5.84. The average Bonchev–Trinajstić information content (AvgIpc) is 2.86. The van der Waals surface area contributed by atoms with Crippen molar-refractivity contribution in [1.29, 1.82) is 0 Å². The van der Waals surface area contributed by atoms with Gasteiger partial charge in [0, 0.05) is 24.0 Å². The molecule has 2 rings (SSSR count). The first-order valence-electron chi connectivity index (χ1n) is 5.88. The fourth-order valence-corrected chi connectivity index (χ4v) is 2.54. The van der Waals surface area contributed by atoms with E-state index in [1.54, 1.807) is 4.90 Å². The van der Waals surface area contributed by atoms with Crippen molar-refractivity contribution in [3.63, 3.8) is 0 Å². The lowest BCUT2D eigenvalue weighted by atomic mass is 10.1. The molecule has 98 valence electrons. The molecule has 1 aromatic rings. The molecule has 1 aliphatic rings. The Labute approximate surface area is 110 Å². The molecule has 1 amide bonds. The van der Waals surface area contributed by atoms with Crippen LogP contribution in [-0.2, 0) is 0 Å². The number of carbonyl (C=O) groups is 1. The standard InChI is InChI=1S/C13H15ClFNO2/c1-18-12-7-9(4-5-11(12)15)13(17)16-6-2-3-10(16)8-14/h4-5,7,10H,2-3,6,8H2,1H3. The van der Waals surface area contributed by atoms with Crippen molar-refractivity contribution in [3.05, 3.63) is 29.6 Å². The summed E-state index contributed by atoms with van der Waals surface area (Å²) in [5.41, 5.74) is 0.435. The van der Waals surface area contributed by atoms with Crippen LogP contribution in [0.2, 0.25) is 0 Å². The van der Waals surface area contributed by atoms with Gasteiger partial charge in [0.2, 0.25) is 0 Å². The largest absolute Gasteiger partial charge is 0.494 e. The highest BCUT2D eigenvalue weighted by molar-refractivity contribution is 6.18. The number of likely N-dealkylation sites (tertiary alicyclic amines) is 1. The molecule has 1 saturated heterocycles. The monoisotopic (exact) mass is 271 g/mol. The van der Waals surface area contributed by atoms with E-state index >= 15 is 0 Å². The quantitative estimate of drug-likeness (QED) is 0.791. The van der Waals surface area contributed by atoms with Gasteiger partial charge in [0.1, 0.15) is 0 Å². The van der Waals surface area contributed by atoms with E-state index in [1.807, 2.05) is 0 Å². The Balaban J connectivity index is 2.23.